The highest BCUT2D eigenvalue weighted by Gasteiger charge is 2.20. The Hall–Kier alpha value is -1.57. The van der Waals surface area contributed by atoms with Gasteiger partial charge in [-0.25, -0.2) is 0 Å². The molecule has 2 N–H and O–H groups in total. The lowest BCUT2D eigenvalue weighted by atomic mass is 10.2. The zero-order chi connectivity index (χ0) is 13.3. The minimum atomic E-state index is -0.386. The topological polar surface area (TPSA) is 86.0 Å². The van der Waals surface area contributed by atoms with Gasteiger partial charge in [0.15, 0.2) is 12.0 Å². The first-order valence-corrected chi connectivity index (χ1v) is 5.98. The molecule has 0 saturated heterocycles. The number of aliphatic imine (C=N–C) groups is 1. The number of halogens is 1. The van der Waals surface area contributed by atoms with Gasteiger partial charge >= 0.3 is 0 Å². The van der Waals surface area contributed by atoms with Gasteiger partial charge in [-0.1, -0.05) is 0 Å². The van der Waals surface area contributed by atoms with E-state index < -0.39 is 0 Å². The average Bonchev–Trinajstić information content (AvgIpc) is 2.58. The van der Waals surface area contributed by atoms with E-state index in [1.807, 2.05) is 0 Å². The largest absolute Gasteiger partial charge is 0.623 e. The molecule has 18 heavy (non-hydrogen) atoms. The number of fused-ring (bicyclic) bond motifs is 1. The second kappa shape index (κ2) is 4.97. The fourth-order valence-electron chi connectivity index (χ4n) is 1.63. The Morgan fingerprint density at radius 1 is 1.50 bits per heavy atom. The first-order chi connectivity index (χ1) is 8.47. The summed E-state index contributed by atoms with van der Waals surface area (Å²) in [5.41, 5.74) is 1.49. The summed E-state index contributed by atoms with van der Waals surface area (Å²) in [6, 6.07) is 3.21. The van der Waals surface area contributed by atoms with Crippen LogP contribution in [-0.2, 0) is 9.59 Å². The second-order valence-electron chi connectivity index (χ2n) is 3.90. The van der Waals surface area contributed by atoms with Crippen molar-refractivity contribution >= 4 is 51.0 Å². The molecule has 0 saturated carbocycles. The number of Topliss-reactive ketones (excluding diaryl/α,β-unsaturated/α-hetero) is 1. The van der Waals surface area contributed by atoms with Gasteiger partial charge in [-0.15, -0.1) is 0 Å². The van der Waals surface area contributed by atoms with Gasteiger partial charge in [-0.3, -0.25) is 14.7 Å². The highest BCUT2D eigenvalue weighted by molar-refractivity contribution is 9.10. The van der Waals surface area contributed by atoms with E-state index in [-0.39, 0.29) is 23.2 Å². The highest BCUT2D eigenvalue weighted by Crippen LogP contribution is 2.35. The Balaban J connectivity index is 2.21. The highest BCUT2D eigenvalue weighted by atomic mass is 79.9. The number of nitrogens with one attached hydrogen (secondary N) is 2. The third-order valence-corrected chi connectivity index (χ3v) is 2.96. The van der Waals surface area contributed by atoms with Crippen LogP contribution in [0.4, 0.5) is 17.1 Å². The van der Waals surface area contributed by atoms with Crippen molar-refractivity contribution in [2.24, 2.45) is 4.99 Å². The number of ketones is 1. The molecule has 1 aliphatic rings. The number of hydrogen-bond donors (Lipinski definition) is 2. The fraction of sp³-hybridized carbons (Fsp3) is 0.182. The summed E-state index contributed by atoms with van der Waals surface area (Å²) in [5.74, 6) is -0.594. The van der Waals surface area contributed by atoms with Crippen LogP contribution in [-0.4, -0.2) is 18.0 Å². The number of benzene rings is 1. The summed E-state index contributed by atoms with van der Waals surface area (Å²) in [6.45, 7) is 1.35. The Morgan fingerprint density at radius 2 is 2.22 bits per heavy atom. The van der Waals surface area contributed by atoms with Crippen molar-refractivity contribution in [3.05, 3.63) is 21.8 Å². The molecule has 1 amide bonds. The number of nitrogens with zero attached hydrogens (tertiary/aromatic N) is 1. The van der Waals surface area contributed by atoms with Crippen molar-refractivity contribution < 1.29 is 14.7 Å². The number of quaternary nitrogens is 1. The molecular weight excluding hydrogens is 302 g/mol. The molecule has 0 bridgehead atoms. The Kier molecular flexibility index (Phi) is 3.55. The molecule has 1 unspecified atom stereocenters. The van der Waals surface area contributed by atoms with Gasteiger partial charge in [0.25, 0.3) is 0 Å². The van der Waals surface area contributed by atoms with Crippen molar-refractivity contribution in [1.82, 2.24) is 0 Å². The predicted molar refractivity (Wildman–Crippen MR) is 70.2 cm³/mol. The van der Waals surface area contributed by atoms with Gasteiger partial charge in [0.2, 0.25) is 5.91 Å². The molecule has 0 radical (unpaired) electrons. The molecule has 94 valence electrons. The van der Waals surface area contributed by atoms with Crippen molar-refractivity contribution in [2.45, 2.75) is 13.3 Å². The van der Waals surface area contributed by atoms with Crippen molar-refractivity contribution in [1.29, 1.82) is 0 Å². The Morgan fingerprint density at radius 3 is 2.89 bits per heavy atom. The molecule has 1 heterocycles. The second-order valence-corrected chi connectivity index (χ2v) is 4.76. The number of hydrogen-bond acceptors (Lipinski definition) is 4. The molecule has 1 atom stereocenters. The van der Waals surface area contributed by atoms with Crippen LogP contribution in [0.5, 0.6) is 0 Å². The Bertz CT molecular complexity index is 557. The summed E-state index contributed by atoms with van der Waals surface area (Å²) in [7, 11) is 0. The molecule has 1 aromatic rings. The van der Waals surface area contributed by atoms with Gasteiger partial charge in [0, 0.05) is 5.69 Å². The predicted octanol–water partition coefficient (Wildman–Crippen LogP) is 1.05. The van der Waals surface area contributed by atoms with Gasteiger partial charge in [0.1, 0.15) is 11.5 Å². The van der Waals surface area contributed by atoms with Gasteiger partial charge in [-0.05, 0) is 35.0 Å². The fourth-order valence-corrected chi connectivity index (χ4v) is 2.28. The Labute approximate surface area is 111 Å². The van der Waals surface area contributed by atoms with E-state index in [1.165, 1.54) is 13.3 Å². The SMILES string of the molecule is CC(=O)CC(=O)Nc1cc(Br)c2c(c1)N=C[NH+]2[O-]. The van der Waals surface area contributed by atoms with Crippen LogP contribution in [0.3, 0.4) is 0 Å². The normalized spacial score (nSPS) is 16.5. The van der Waals surface area contributed by atoms with Crippen LogP contribution in [0, 0.1) is 5.21 Å². The van der Waals surface area contributed by atoms with Crippen LogP contribution < -0.4 is 10.4 Å². The molecule has 1 aliphatic heterocycles. The maximum absolute atomic E-state index is 11.5. The molecule has 1 aromatic carbocycles. The molecule has 6 nitrogen and oxygen atoms in total. The van der Waals surface area contributed by atoms with Crippen LogP contribution in [0.2, 0.25) is 0 Å². The number of anilines is 1. The number of rotatable bonds is 3. The molecule has 2 rings (SSSR count). The summed E-state index contributed by atoms with van der Waals surface area (Å²) in [4.78, 5) is 26.2. The molecule has 7 heteroatoms. The lowest BCUT2D eigenvalue weighted by Gasteiger charge is -2.14. The summed E-state index contributed by atoms with van der Waals surface area (Å²) in [5, 5.41) is 13.9. The van der Waals surface area contributed by atoms with Gasteiger partial charge < -0.3 is 10.5 Å². The van der Waals surface area contributed by atoms with Crippen molar-refractivity contribution in [3.63, 3.8) is 0 Å². The van der Waals surface area contributed by atoms with Crippen LogP contribution >= 0.6 is 15.9 Å². The number of carbonyl (C=O) groups excluding carboxylic acids is 2. The first kappa shape index (κ1) is 12.9. The van der Waals surface area contributed by atoms with E-state index in [1.54, 1.807) is 12.1 Å². The van der Waals surface area contributed by atoms with Crippen molar-refractivity contribution in [2.75, 3.05) is 5.32 Å². The molecular formula is C11H10BrN3O3. The number of carbonyl (C=O) groups is 2. The molecule has 0 aromatic heterocycles. The minimum Gasteiger partial charge on any atom is -0.623 e. The molecule has 0 spiro atoms. The standard InChI is InChI=1S/C11H10BrN3O3/c1-6(16)2-10(17)14-7-3-8(12)11-9(4-7)13-5-15(11)18/h3-5,15H,2H2,1H3,(H,14,17). The maximum Gasteiger partial charge on any atom is 0.231 e. The third-order valence-electron chi connectivity index (χ3n) is 2.33. The quantitative estimate of drug-likeness (QED) is 0.646. The maximum atomic E-state index is 11.5. The monoisotopic (exact) mass is 311 g/mol. The van der Waals surface area contributed by atoms with E-state index in [9.17, 15) is 14.8 Å². The molecule has 0 fully saturated rings. The number of amides is 1. The van der Waals surface area contributed by atoms with E-state index in [4.69, 9.17) is 0 Å². The van der Waals surface area contributed by atoms with E-state index >= 15 is 0 Å². The van der Waals surface area contributed by atoms with Crippen molar-refractivity contribution in [3.8, 4) is 0 Å². The first-order valence-electron chi connectivity index (χ1n) is 5.18. The summed E-state index contributed by atoms with van der Waals surface area (Å²) >= 11 is 3.26. The van der Waals surface area contributed by atoms with Gasteiger partial charge in [-0.2, -0.15) is 4.99 Å². The minimum absolute atomic E-state index is 0.168. The lowest BCUT2D eigenvalue weighted by Crippen LogP contribution is -2.99. The smallest absolute Gasteiger partial charge is 0.231 e. The van der Waals surface area contributed by atoms with Crippen LogP contribution in [0.15, 0.2) is 21.6 Å². The summed E-state index contributed by atoms with van der Waals surface area (Å²) < 4.78 is 0.570. The third kappa shape index (κ3) is 2.63. The van der Waals surface area contributed by atoms with E-state index in [2.05, 4.69) is 26.2 Å². The van der Waals surface area contributed by atoms with Gasteiger partial charge in [0.05, 0.1) is 10.9 Å². The van der Waals surface area contributed by atoms with E-state index in [0.29, 0.717) is 21.5 Å². The molecule has 0 aliphatic carbocycles. The zero-order valence-electron chi connectivity index (χ0n) is 9.49. The summed E-state index contributed by atoms with van der Waals surface area (Å²) in [6.07, 6.45) is 1.06. The van der Waals surface area contributed by atoms with Crippen LogP contribution in [0.1, 0.15) is 13.3 Å². The lowest BCUT2D eigenvalue weighted by molar-refractivity contribution is -0.655. The van der Waals surface area contributed by atoms with Crippen LogP contribution in [0.25, 0.3) is 0 Å². The van der Waals surface area contributed by atoms with E-state index in [0.717, 1.165) is 0 Å². The zero-order valence-corrected chi connectivity index (χ0v) is 11.1. The number of hydroxylamine groups is 1. The average molecular weight is 312 g/mol.